The fourth-order valence-corrected chi connectivity index (χ4v) is 1.58. The molecule has 1 radical (unpaired) electrons. The highest BCUT2D eigenvalue weighted by Gasteiger charge is 2.21. The number of rotatable bonds is 6. The fourth-order valence-electron chi connectivity index (χ4n) is 1.58. The number of hydrogen-bond donors (Lipinski definition) is 0. The summed E-state index contributed by atoms with van der Waals surface area (Å²) in [6.07, 6.45) is 2.26. The molecule has 2 nitrogen and oxygen atoms in total. The van der Waals surface area contributed by atoms with E-state index in [9.17, 15) is 4.79 Å². The van der Waals surface area contributed by atoms with Crippen LogP contribution in [0.25, 0.3) is 0 Å². The highest BCUT2D eigenvalue weighted by Crippen LogP contribution is 2.19. The molecule has 0 rings (SSSR count). The molecule has 12 heavy (non-hydrogen) atoms. The molecule has 0 aromatic carbocycles. The Morgan fingerprint density at radius 1 is 1.33 bits per heavy atom. The van der Waals surface area contributed by atoms with Crippen molar-refractivity contribution >= 4 is 6.47 Å². The van der Waals surface area contributed by atoms with Gasteiger partial charge in [-0.1, -0.05) is 34.1 Å². The van der Waals surface area contributed by atoms with Crippen molar-refractivity contribution in [2.45, 2.75) is 46.6 Å². The second kappa shape index (κ2) is 6.04. The average molecular weight is 171 g/mol. The molecule has 0 amide bonds. The Balaban J connectivity index is 3.98. The van der Waals surface area contributed by atoms with Crippen LogP contribution in [0.15, 0.2) is 0 Å². The van der Waals surface area contributed by atoms with Gasteiger partial charge in [0.05, 0.1) is 0 Å². The van der Waals surface area contributed by atoms with E-state index in [4.69, 9.17) is 4.74 Å². The van der Waals surface area contributed by atoms with Crippen molar-refractivity contribution in [2.24, 2.45) is 11.8 Å². The topological polar surface area (TPSA) is 26.3 Å². The maximum atomic E-state index is 10.1. The smallest absolute Gasteiger partial charge is 0.417 e. The molecule has 0 aromatic heterocycles. The Morgan fingerprint density at radius 2 is 1.92 bits per heavy atom. The van der Waals surface area contributed by atoms with Crippen molar-refractivity contribution in [3.63, 3.8) is 0 Å². The molecule has 2 unspecified atom stereocenters. The van der Waals surface area contributed by atoms with Gasteiger partial charge in [-0.05, 0) is 18.3 Å². The summed E-state index contributed by atoms with van der Waals surface area (Å²) in [5.74, 6) is 0.824. The van der Waals surface area contributed by atoms with Crippen LogP contribution in [0, 0.1) is 11.8 Å². The first-order valence-corrected chi connectivity index (χ1v) is 4.66. The summed E-state index contributed by atoms with van der Waals surface area (Å²) in [6.45, 7) is 9.92. The molecule has 0 aliphatic carbocycles. The predicted molar refractivity (Wildman–Crippen MR) is 49.5 cm³/mol. The summed E-state index contributed by atoms with van der Waals surface area (Å²) in [4.78, 5) is 10.1. The fraction of sp³-hybridized carbons (Fsp3) is 0.900. The average Bonchev–Trinajstić information content (AvgIpc) is 1.99. The van der Waals surface area contributed by atoms with Gasteiger partial charge in [-0.3, -0.25) is 0 Å². The molecule has 0 bridgehead atoms. The van der Waals surface area contributed by atoms with Crippen LogP contribution < -0.4 is 0 Å². The molecule has 0 saturated heterocycles. The highest BCUT2D eigenvalue weighted by molar-refractivity contribution is 5.38. The molecular formula is C10H19O2. The van der Waals surface area contributed by atoms with Crippen molar-refractivity contribution < 1.29 is 9.53 Å². The minimum Gasteiger partial charge on any atom is -0.453 e. The van der Waals surface area contributed by atoms with Gasteiger partial charge in [0.15, 0.2) is 0 Å². The van der Waals surface area contributed by atoms with Gasteiger partial charge in [-0.2, -0.15) is 0 Å². The summed E-state index contributed by atoms with van der Waals surface area (Å²) in [6, 6.07) is 0. The third kappa shape index (κ3) is 3.74. The first-order chi connectivity index (χ1) is 5.63. The van der Waals surface area contributed by atoms with Gasteiger partial charge in [-0.25, -0.2) is 4.79 Å². The second-order valence-corrected chi connectivity index (χ2v) is 3.68. The Kier molecular flexibility index (Phi) is 5.77. The molecule has 0 heterocycles. The Labute approximate surface area is 75.3 Å². The lowest BCUT2D eigenvalue weighted by atomic mass is 9.91. The molecular weight excluding hydrogens is 152 g/mol. The van der Waals surface area contributed by atoms with Gasteiger partial charge in [0, 0.05) is 0 Å². The van der Waals surface area contributed by atoms with E-state index in [0.29, 0.717) is 11.8 Å². The maximum Gasteiger partial charge on any atom is 0.417 e. The van der Waals surface area contributed by atoms with Crippen molar-refractivity contribution in [1.29, 1.82) is 0 Å². The molecule has 2 heteroatoms. The van der Waals surface area contributed by atoms with E-state index in [2.05, 4.69) is 27.7 Å². The Bertz CT molecular complexity index is 121. The van der Waals surface area contributed by atoms with Crippen LogP contribution in [-0.2, 0) is 9.53 Å². The second-order valence-electron chi connectivity index (χ2n) is 3.68. The van der Waals surface area contributed by atoms with Crippen LogP contribution in [-0.4, -0.2) is 12.6 Å². The van der Waals surface area contributed by atoms with E-state index in [0.717, 1.165) is 12.8 Å². The quantitative estimate of drug-likeness (QED) is 0.614. The lowest BCUT2D eigenvalue weighted by Crippen LogP contribution is -2.27. The molecule has 0 aliphatic heterocycles. The predicted octanol–water partition coefficient (Wildman–Crippen LogP) is 2.53. The van der Waals surface area contributed by atoms with Crippen molar-refractivity contribution in [2.75, 3.05) is 0 Å². The molecule has 0 fully saturated rings. The van der Waals surface area contributed by atoms with Crippen molar-refractivity contribution in [3.05, 3.63) is 0 Å². The summed E-state index contributed by atoms with van der Waals surface area (Å²) in [5, 5.41) is 0. The molecule has 0 aliphatic rings. The number of hydrogen-bond acceptors (Lipinski definition) is 2. The van der Waals surface area contributed by atoms with Gasteiger partial charge in [0.25, 0.3) is 0 Å². The van der Waals surface area contributed by atoms with Crippen LogP contribution in [0.3, 0.4) is 0 Å². The van der Waals surface area contributed by atoms with E-state index >= 15 is 0 Å². The van der Waals surface area contributed by atoms with Gasteiger partial charge >= 0.3 is 6.47 Å². The van der Waals surface area contributed by atoms with E-state index < -0.39 is 0 Å². The van der Waals surface area contributed by atoms with Crippen LogP contribution >= 0.6 is 0 Å². The van der Waals surface area contributed by atoms with Crippen LogP contribution in [0.2, 0.25) is 0 Å². The van der Waals surface area contributed by atoms with Gasteiger partial charge in [0.1, 0.15) is 6.10 Å². The maximum absolute atomic E-state index is 10.1. The van der Waals surface area contributed by atoms with Crippen LogP contribution in [0.1, 0.15) is 40.5 Å². The first-order valence-electron chi connectivity index (χ1n) is 4.66. The zero-order valence-electron chi connectivity index (χ0n) is 8.46. The largest absolute Gasteiger partial charge is 0.453 e. The van der Waals surface area contributed by atoms with Crippen LogP contribution in [0.5, 0.6) is 0 Å². The summed E-state index contributed by atoms with van der Waals surface area (Å²) < 4.78 is 4.91. The summed E-state index contributed by atoms with van der Waals surface area (Å²) in [7, 11) is 0. The molecule has 0 aromatic rings. The van der Waals surface area contributed by atoms with E-state index in [1.165, 1.54) is 6.47 Å². The number of carbonyl (C=O) groups excluding carboxylic acids is 1. The SMILES string of the molecule is CCCC(C)C(O[C]=O)C(C)C. The lowest BCUT2D eigenvalue weighted by Gasteiger charge is -2.24. The van der Waals surface area contributed by atoms with Crippen molar-refractivity contribution in [3.8, 4) is 0 Å². The minimum atomic E-state index is 0.0300. The van der Waals surface area contributed by atoms with Gasteiger partial charge < -0.3 is 4.74 Å². The third-order valence-electron chi connectivity index (χ3n) is 2.15. The molecule has 0 spiro atoms. The standard InChI is InChI=1S/C10H19O2/c1-5-6-9(4)10(8(2)3)12-7-11/h8-10H,5-6H2,1-4H3. The zero-order valence-corrected chi connectivity index (χ0v) is 8.46. The van der Waals surface area contributed by atoms with E-state index in [1.54, 1.807) is 0 Å². The zero-order chi connectivity index (χ0) is 9.56. The van der Waals surface area contributed by atoms with E-state index in [-0.39, 0.29) is 6.10 Å². The Morgan fingerprint density at radius 3 is 2.25 bits per heavy atom. The summed E-state index contributed by atoms with van der Waals surface area (Å²) >= 11 is 0. The molecule has 71 valence electrons. The first kappa shape index (κ1) is 11.5. The van der Waals surface area contributed by atoms with E-state index in [1.807, 2.05) is 0 Å². The molecule has 0 N–H and O–H groups in total. The lowest BCUT2D eigenvalue weighted by molar-refractivity contribution is 0.0761. The molecule has 0 saturated carbocycles. The van der Waals surface area contributed by atoms with Crippen molar-refractivity contribution in [1.82, 2.24) is 0 Å². The van der Waals surface area contributed by atoms with Gasteiger partial charge in [0.2, 0.25) is 0 Å². The van der Waals surface area contributed by atoms with Gasteiger partial charge in [-0.15, -0.1) is 0 Å². The van der Waals surface area contributed by atoms with Crippen LogP contribution in [0.4, 0.5) is 0 Å². The molecule has 2 atom stereocenters. The monoisotopic (exact) mass is 171 g/mol. The summed E-state index contributed by atoms with van der Waals surface area (Å²) in [5.41, 5.74) is 0. The minimum absolute atomic E-state index is 0.0300. The highest BCUT2D eigenvalue weighted by atomic mass is 16.5. The third-order valence-corrected chi connectivity index (χ3v) is 2.15. The normalized spacial score (nSPS) is 15.8. The Hall–Kier alpha value is -0.530. The number of ether oxygens (including phenoxy) is 1.